The summed E-state index contributed by atoms with van der Waals surface area (Å²) < 4.78 is 0. The third-order valence-corrected chi connectivity index (χ3v) is 13.8. The van der Waals surface area contributed by atoms with Crippen molar-refractivity contribution in [2.24, 2.45) is 11.7 Å². The molecule has 2 saturated heterocycles. The topological polar surface area (TPSA) is 402 Å². The fourth-order valence-corrected chi connectivity index (χ4v) is 9.47. The molecule has 14 N–H and O–H groups in total. The van der Waals surface area contributed by atoms with E-state index in [0.29, 0.717) is 36.9 Å². The highest BCUT2D eigenvalue weighted by molar-refractivity contribution is 7.80. The summed E-state index contributed by atoms with van der Waals surface area (Å²) in [5, 5.41) is 42.2. The van der Waals surface area contributed by atoms with E-state index in [-0.39, 0.29) is 49.6 Å². The van der Waals surface area contributed by atoms with Crippen LogP contribution >= 0.6 is 12.6 Å². The number of H-pyrrole nitrogens is 1. The van der Waals surface area contributed by atoms with Crippen LogP contribution in [0.2, 0.25) is 0 Å². The smallest absolute Gasteiger partial charge is 0.327 e. The summed E-state index contributed by atoms with van der Waals surface area (Å²) in [5.41, 5.74) is 7.89. The number of likely N-dealkylation sites (tertiary alicyclic amines) is 2. The maximum atomic E-state index is 14.5. The van der Waals surface area contributed by atoms with Gasteiger partial charge in [-0.3, -0.25) is 52.7 Å². The van der Waals surface area contributed by atoms with Crippen LogP contribution in [0.4, 0.5) is 0 Å². The van der Waals surface area contributed by atoms with E-state index < -0.39 is 145 Å². The second-order valence-corrected chi connectivity index (χ2v) is 20.7. The molecule has 1 aromatic heterocycles. The number of carboxylic acid groups (broad SMARTS) is 1. The van der Waals surface area contributed by atoms with Crippen molar-refractivity contribution in [1.29, 1.82) is 0 Å². The summed E-state index contributed by atoms with van der Waals surface area (Å²) in [6.07, 6.45) is 3.18. The first-order chi connectivity index (χ1) is 38.4. The number of phenols is 1. The molecule has 11 amide bonds. The second kappa shape index (κ2) is 30.4. The molecule has 3 aromatic rings. The third kappa shape index (κ3) is 18.9. The number of fused-ring (bicyclic) bond motifs is 1. The highest BCUT2D eigenvalue weighted by Gasteiger charge is 2.39. The number of phenolic OH excluding ortho intramolecular Hbond substituents is 1. The maximum Gasteiger partial charge on any atom is 0.327 e. The molecule has 8 atom stereocenters. The highest BCUT2D eigenvalue weighted by atomic mass is 32.1. The minimum absolute atomic E-state index is 0.00416. The Labute approximate surface area is 472 Å². The number of amides is 11. The molecule has 440 valence electrons. The molecule has 27 nitrogen and oxygen atoms in total. The number of carbonyl (C=O) groups is 12. The number of nitrogens with zero attached hydrogens (tertiary/aromatic N) is 2. The van der Waals surface area contributed by atoms with Crippen molar-refractivity contribution in [2.45, 2.75) is 121 Å². The first kappa shape index (κ1) is 63.6. The van der Waals surface area contributed by atoms with E-state index in [9.17, 15) is 62.6 Å². The van der Waals surface area contributed by atoms with Gasteiger partial charge in [-0.25, -0.2) is 4.79 Å². The number of nitrogens with two attached hydrogens (primary N) is 1. The Balaban J connectivity index is 1.20. The molecule has 0 unspecified atom stereocenters. The van der Waals surface area contributed by atoms with Crippen LogP contribution in [0.25, 0.3) is 10.9 Å². The number of carboxylic acids is 1. The van der Waals surface area contributed by atoms with Crippen LogP contribution in [0, 0.1) is 5.92 Å². The lowest BCUT2D eigenvalue weighted by molar-refractivity contribution is -0.141. The van der Waals surface area contributed by atoms with Crippen LogP contribution in [0.5, 0.6) is 5.75 Å². The lowest BCUT2D eigenvalue weighted by Crippen LogP contribution is -2.59. The van der Waals surface area contributed by atoms with Gasteiger partial charge in [-0.15, -0.1) is 0 Å². The number of aromatic hydroxyl groups is 1. The number of aromatic amines is 1. The molecule has 0 saturated carbocycles. The van der Waals surface area contributed by atoms with Gasteiger partial charge in [0.15, 0.2) is 0 Å². The number of aromatic nitrogens is 1. The Morgan fingerprint density at radius 3 is 1.81 bits per heavy atom. The fourth-order valence-electron chi connectivity index (χ4n) is 9.22. The Bertz CT molecular complexity index is 2790. The van der Waals surface area contributed by atoms with E-state index in [1.165, 1.54) is 47.9 Å². The van der Waals surface area contributed by atoms with Crippen molar-refractivity contribution in [2.75, 3.05) is 45.0 Å². The van der Waals surface area contributed by atoms with E-state index in [1.54, 1.807) is 6.20 Å². The van der Waals surface area contributed by atoms with Crippen LogP contribution < -0.4 is 53.6 Å². The van der Waals surface area contributed by atoms with Crippen molar-refractivity contribution < 1.29 is 67.7 Å². The SMILES string of the molecule is CC(C)C[C@H](NC(=O)[C@H](Cc1c[nH]c2ccccc12)NC(=O)[C@@H]1CCCN1C(=O)[C@H](C)N)C(=O)N[C@@H](Cc1ccc(O)cc1)C(=O)NCC(=O)N1CCC[C@H]1C(=O)N[C@@H](C)C(=O)NCC(=O)NCC(=O)NCC(=O)N[C@@H](CS)C(=O)O. The van der Waals surface area contributed by atoms with Gasteiger partial charge in [0.2, 0.25) is 65.0 Å². The number of benzene rings is 2. The Hall–Kier alpha value is -8.27. The summed E-state index contributed by atoms with van der Waals surface area (Å²) in [6.45, 7) is 4.59. The molecule has 2 fully saturated rings. The van der Waals surface area contributed by atoms with Gasteiger partial charge in [-0.1, -0.05) is 44.2 Å². The standard InChI is InChI=1S/C53H73N13O14S/c1-28(2)19-36(62-49(75)38(21-32-22-55-35-10-6-5-9-34(32)35)64-51(77)41-12-8-18-66(41)52(78)29(3)54)48(74)63-37(20-31-13-15-33(67)16-14-31)47(73)59-26-45(71)65-17-7-11-40(65)50(76)60-30(4)46(72)58-24-43(69)56-23-42(68)57-25-44(70)61-39(27-81)53(79)80/h5-6,9-10,13-16,22,28-30,36-41,55,67,81H,7-8,11-12,17-21,23-27,54H2,1-4H3,(H,56,69)(H,57,68)(H,58,72)(H,59,73)(H,60,76)(H,61,70)(H,62,75)(H,63,74)(H,64,77)(H,79,80)/t29-,30-,36-,37-,38-,39-,40-,41-/m0/s1. The van der Waals surface area contributed by atoms with Crippen LogP contribution in [0.3, 0.4) is 0 Å². The largest absolute Gasteiger partial charge is 0.508 e. The molecule has 0 radical (unpaired) electrons. The summed E-state index contributed by atoms with van der Waals surface area (Å²) in [5.74, 6) is -9.50. The fraction of sp³-hybridized carbons (Fsp3) is 0.509. The Kier molecular flexibility index (Phi) is 23.8. The lowest BCUT2D eigenvalue weighted by atomic mass is 9.99. The minimum Gasteiger partial charge on any atom is -0.508 e. The molecule has 81 heavy (non-hydrogen) atoms. The van der Waals surface area contributed by atoms with Gasteiger partial charge in [0.1, 0.15) is 48.0 Å². The zero-order valence-corrected chi connectivity index (χ0v) is 46.4. The van der Waals surface area contributed by atoms with Gasteiger partial charge < -0.3 is 78.6 Å². The summed E-state index contributed by atoms with van der Waals surface area (Å²) >= 11 is 3.83. The molecular formula is C53H73N13O14S. The van der Waals surface area contributed by atoms with Crippen LogP contribution in [0.1, 0.15) is 70.9 Å². The number of thiol groups is 1. The van der Waals surface area contributed by atoms with Crippen LogP contribution in [0.15, 0.2) is 54.7 Å². The first-order valence-corrected chi connectivity index (χ1v) is 27.2. The second-order valence-electron chi connectivity index (χ2n) is 20.3. The highest BCUT2D eigenvalue weighted by Crippen LogP contribution is 2.23. The minimum atomic E-state index is -1.35. The van der Waals surface area contributed by atoms with Gasteiger partial charge in [0.25, 0.3) is 0 Å². The molecule has 2 aromatic carbocycles. The van der Waals surface area contributed by atoms with Gasteiger partial charge >= 0.3 is 5.97 Å². The number of aliphatic carboxylic acids is 1. The zero-order chi connectivity index (χ0) is 59.5. The summed E-state index contributed by atoms with van der Waals surface area (Å²) in [7, 11) is 0. The number of para-hydroxylation sites is 1. The Morgan fingerprint density at radius 1 is 0.630 bits per heavy atom. The van der Waals surface area contributed by atoms with E-state index in [4.69, 9.17) is 10.8 Å². The van der Waals surface area contributed by atoms with Crippen molar-refractivity contribution in [3.05, 3.63) is 65.9 Å². The van der Waals surface area contributed by atoms with Crippen molar-refractivity contribution in [1.82, 2.24) is 62.6 Å². The normalized spacial score (nSPS) is 17.1. The van der Waals surface area contributed by atoms with Gasteiger partial charge in [0, 0.05) is 48.8 Å². The first-order valence-electron chi connectivity index (χ1n) is 26.6. The molecule has 0 spiro atoms. The number of hydrogen-bond donors (Lipinski definition) is 14. The Morgan fingerprint density at radius 2 is 1.19 bits per heavy atom. The number of hydrogen-bond acceptors (Lipinski definition) is 15. The average Bonchev–Trinajstić information content (AvgIpc) is 4.25. The number of carbonyl (C=O) groups excluding carboxylic acids is 11. The molecule has 2 aliphatic heterocycles. The average molecular weight is 1150 g/mol. The van der Waals surface area contributed by atoms with Gasteiger partial charge in [-0.05, 0) is 81.2 Å². The van der Waals surface area contributed by atoms with E-state index in [0.717, 1.165) is 10.9 Å². The quantitative estimate of drug-likeness (QED) is 0.0322. The van der Waals surface area contributed by atoms with Gasteiger partial charge in [0.05, 0.1) is 32.2 Å². The van der Waals surface area contributed by atoms with Crippen molar-refractivity contribution in [3.63, 3.8) is 0 Å². The van der Waals surface area contributed by atoms with E-state index in [1.807, 2.05) is 38.1 Å². The third-order valence-electron chi connectivity index (χ3n) is 13.5. The van der Waals surface area contributed by atoms with Crippen LogP contribution in [-0.4, -0.2) is 189 Å². The number of nitrogens with one attached hydrogen (secondary N) is 10. The van der Waals surface area contributed by atoms with Gasteiger partial charge in [-0.2, -0.15) is 12.6 Å². The molecule has 0 aliphatic carbocycles. The predicted octanol–water partition coefficient (Wildman–Crippen LogP) is -3.04. The molecular weight excluding hydrogens is 1070 g/mol. The lowest BCUT2D eigenvalue weighted by Gasteiger charge is -2.29. The monoisotopic (exact) mass is 1150 g/mol. The maximum absolute atomic E-state index is 14.5. The van der Waals surface area contributed by atoms with Crippen molar-refractivity contribution >= 4 is 94.5 Å². The summed E-state index contributed by atoms with van der Waals surface area (Å²) in [6, 6.07) is 4.14. The zero-order valence-electron chi connectivity index (χ0n) is 45.5. The molecule has 2 aliphatic rings. The molecule has 3 heterocycles. The molecule has 0 bridgehead atoms. The molecule has 5 rings (SSSR count). The molecule has 28 heteroatoms. The van der Waals surface area contributed by atoms with Crippen molar-refractivity contribution in [3.8, 4) is 5.75 Å². The van der Waals surface area contributed by atoms with E-state index in [2.05, 4.69) is 65.5 Å². The van der Waals surface area contributed by atoms with Crippen LogP contribution in [-0.2, 0) is 70.4 Å². The summed E-state index contributed by atoms with van der Waals surface area (Å²) in [4.78, 5) is 163. The predicted molar refractivity (Wildman–Crippen MR) is 295 cm³/mol. The van der Waals surface area contributed by atoms with E-state index >= 15 is 0 Å². The number of rotatable bonds is 28.